The minimum Gasteiger partial charge on any atom is -0.440 e. The highest BCUT2D eigenvalue weighted by molar-refractivity contribution is 5.67. The van der Waals surface area contributed by atoms with Crippen LogP contribution in [-0.4, -0.2) is 48.1 Å². The Morgan fingerprint density at radius 2 is 1.94 bits per heavy atom. The average Bonchev–Trinajstić information content (AvgIpc) is 2.60. The number of halogens is 3. The molecule has 0 unspecified atom stereocenters. The molecule has 1 aliphatic rings. The number of hydrogen-bond donors (Lipinski definition) is 1. The third-order valence-electron chi connectivity index (χ3n) is 2.74. The molecule has 17 heavy (non-hydrogen) atoms. The van der Waals surface area contributed by atoms with Crippen LogP contribution in [0.4, 0.5) is 18.0 Å². The maximum atomic E-state index is 11.8. The van der Waals surface area contributed by atoms with Crippen molar-refractivity contribution in [3.63, 3.8) is 0 Å². The van der Waals surface area contributed by atoms with Crippen molar-refractivity contribution in [3.8, 4) is 0 Å². The van der Waals surface area contributed by atoms with E-state index < -0.39 is 24.5 Å². The minimum atomic E-state index is -4.53. The smallest absolute Gasteiger partial charge is 0.422 e. The van der Waals surface area contributed by atoms with E-state index in [2.05, 4.69) is 4.74 Å². The van der Waals surface area contributed by atoms with Gasteiger partial charge in [0.05, 0.1) is 12.1 Å². The molecule has 1 N–H and O–H groups in total. The fourth-order valence-electron chi connectivity index (χ4n) is 1.95. The highest BCUT2D eigenvalue weighted by Crippen LogP contribution is 2.30. The number of amides is 1. The Kier molecular flexibility index (Phi) is 4.24. The van der Waals surface area contributed by atoms with E-state index in [4.69, 9.17) is 0 Å². The molecule has 100 valence electrons. The molecule has 0 aromatic carbocycles. The molecule has 7 heteroatoms. The first-order valence-electron chi connectivity index (χ1n) is 5.39. The van der Waals surface area contributed by atoms with Crippen LogP contribution in [0.15, 0.2) is 0 Å². The van der Waals surface area contributed by atoms with Crippen molar-refractivity contribution in [1.29, 1.82) is 0 Å². The Labute approximate surface area is 97.3 Å². The molecule has 0 spiro atoms. The predicted octanol–water partition coefficient (Wildman–Crippen LogP) is 1.92. The Hall–Kier alpha value is -0.980. The molecule has 0 saturated heterocycles. The van der Waals surface area contributed by atoms with Crippen molar-refractivity contribution in [2.24, 2.45) is 0 Å². The molecular weight excluding hydrogens is 239 g/mol. The second-order valence-electron chi connectivity index (χ2n) is 4.46. The molecule has 1 rings (SSSR count). The molecule has 1 fully saturated rings. The number of ether oxygens (including phenoxy) is 1. The summed E-state index contributed by atoms with van der Waals surface area (Å²) in [6, 6.07) is 0. The molecular formula is C10H16F3NO3. The first-order valence-corrected chi connectivity index (χ1v) is 5.39. The maximum Gasteiger partial charge on any atom is 0.422 e. The minimum absolute atomic E-state index is 0.00366. The van der Waals surface area contributed by atoms with Crippen LogP contribution < -0.4 is 0 Å². The van der Waals surface area contributed by atoms with Gasteiger partial charge < -0.3 is 14.7 Å². The monoisotopic (exact) mass is 255 g/mol. The van der Waals surface area contributed by atoms with E-state index in [0.717, 1.165) is 17.7 Å². The number of alkyl halides is 3. The summed E-state index contributed by atoms with van der Waals surface area (Å²) in [6.07, 6.45) is -2.75. The molecule has 4 nitrogen and oxygen atoms in total. The Bertz CT molecular complexity index is 274. The lowest BCUT2D eigenvalue weighted by Gasteiger charge is -2.28. The van der Waals surface area contributed by atoms with Crippen LogP contribution in [0, 0.1) is 0 Å². The lowest BCUT2D eigenvalue weighted by atomic mass is 10.0. The van der Waals surface area contributed by atoms with Crippen molar-refractivity contribution in [1.82, 2.24) is 4.90 Å². The number of carbonyl (C=O) groups excluding carboxylic acids is 1. The van der Waals surface area contributed by atoms with Gasteiger partial charge in [-0.1, -0.05) is 12.8 Å². The highest BCUT2D eigenvalue weighted by Gasteiger charge is 2.35. The van der Waals surface area contributed by atoms with Crippen LogP contribution in [0.5, 0.6) is 0 Å². The summed E-state index contributed by atoms with van der Waals surface area (Å²) >= 11 is 0. The molecule has 0 aromatic rings. The van der Waals surface area contributed by atoms with Crippen molar-refractivity contribution < 1.29 is 27.8 Å². The first kappa shape index (κ1) is 14.1. The fraction of sp³-hybridized carbons (Fsp3) is 0.900. The van der Waals surface area contributed by atoms with Gasteiger partial charge in [-0.25, -0.2) is 4.79 Å². The van der Waals surface area contributed by atoms with Crippen LogP contribution in [0.25, 0.3) is 0 Å². The summed E-state index contributed by atoms with van der Waals surface area (Å²) in [5.41, 5.74) is -0.980. The number of likely N-dealkylation sites (N-methyl/N-ethyl adjacent to an activating group) is 1. The fourth-order valence-corrected chi connectivity index (χ4v) is 1.95. The van der Waals surface area contributed by atoms with E-state index in [0.29, 0.717) is 12.8 Å². The Balaban J connectivity index is 2.36. The summed E-state index contributed by atoms with van der Waals surface area (Å²) < 4.78 is 39.5. The normalized spacial score (nSPS) is 19.1. The lowest BCUT2D eigenvalue weighted by molar-refractivity contribution is -0.162. The first-order chi connectivity index (χ1) is 7.72. The third-order valence-corrected chi connectivity index (χ3v) is 2.74. The van der Waals surface area contributed by atoms with E-state index in [-0.39, 0.29) is 6.54 Å². The van der Waals surface area contributed by atoms with Gasteiger partial charge in [0.25, 0.3) is 0 Å². The van der Waals surface area contributed by atoms with Gasteiger partial charge in [-0.3, -0.25) is 0 Å². The van der Waals surface area contributed by atoms with Crippen molar-refractivity contribution >= 4 is 6.09 Å². The van der Waals surface area contributed by atoms with Crippen LogP contribution in [-0.2, 0) is 4.74 Å². The molecule has 1 amide bonds. The van der Waals surface area contributed by atoms with Crippen LogP contribution in [0.1, 0.15) is 25.7 Å². The molecule has 0 aromatic heterocycles. The van der Waals surface area contributed by atoms with Crippen molar-refractivity contribution in [3.05, 3.63) is 0 Å². The molecule has 0 bridgehead atoms. The summed E-state index contributed by atoms with van der Waals surface area (Å²) in [5, 5.41) is 9.97. The van der Waals surface area contributed by atoms with E-state index in [1.54, 1.807) is 0 Å². The van der Waals surface area contributed by atoms with Gasteiger partial charge in [0.15, 0.2) is 6.61 Å². The second-order valence-corrected chi connectivity index (χ2v) is 4.46. The number of carbonyl (C=O) groups is 1. The topological polar surface area (TPSA) is 49.8 Å². The van der Waals surface area contributed by atoms with E-state index >= 15 is 0 Å². The maximum absolute atomic E-state index is 11.8. The van der Waals surface area contributed by atoms with E-state index in [1.165, 1.54) is 7.05 Å². The SMILES string of the molecule is CN(CC1(O)CCCC1)C(=O)OCC(F)(F)F. The highest BCUT2D eigenvalue weighted by atomic mass is 19.4. The summed E-state index contributed by atoms with van der Waals surface area (Å²) in [7, 11) is 1.31. The Morgan fingerprint density at radius 1 is 1.41 bits per heavy atom. The summed E-state index contributed by atoms with van der Waals surface area (Å²) in [6.45, 7) is -1.60. The number of nitrogens with zero attached hydrogens (tertiary/aromatic N) is 1. The van der Waals surface area contributed by atoms with Gasteiger partial charge in [0, 0.05) is 7.05 Å². The van der Waals surface area contributed by atoms with E-state index in [1.807, 2.05) is 0 Å². The molecule has 1 aliphatic carbocycles. The van der Waals surface area contributed by atoms with Crippen molar-refractivity contribution in [2.45, 2.75) is 37.5 Å². The van der Waals surface area contributed by atoms with Gasteiger partial charge in [-0.15, -0.1) is 0 Å². The van der Waals surface area contributed by atoms with Gasteiger partial charge in [0.2, 0.25) is 0 Å². The van der Waals surface area contributed by atoms with Gasteiger partial charge in [-0.2, -0.15) is 13.2 Å². The Morgan fingerprint density at radius 3 is 2.41 bits per heavy atom. The van der Waals surface area contributed by atoms with Crippen molar-refractivity contribution in [2.75, 3.05) is 20.2 Å². The largest absolute Gasteiger partial charge is 0.440 e. The summed E-state index contributed by atoms with van der Waals surface area (Å²) in [5.74, 6) is 0. The number of aliphatic hydroxyl groups is 1. The second kappa shape index (κ2) is 5.12. The average molecular weight is 255 g/mol. The number of hydrogen-bond acceptors (Lipinski definition) is 3. The third kappa shape index (κ3) is 4.80. The van der Waals surface area contributed by atoms with Crippen LogP contribution >= 0.6 is 0 Å². The molecule has 0 aliphatic heterocycles. The number of rotatable bonds is 3. The van der Waals surface area contributed by atoms with E-state index in [9.17, 15) is 23.1 Å². The predicted molar refractivity (Wildman–Crippen MR) is 53.5 cm³/mol. The van der Waals surface area contributed by atoms with Crippen LogP contribution in [0.2, 0.25) is 0 Å². The molecule has 0 heterocycles. The molecule has 1 saturated carbocycles. The lowest BCUT2D eigenvalue weighted by Crippen LogP contribution is -2.42. The van der Waals surface area contributed by atoms with Crippen LogP contribution in [0.3, 0.4) is 0 Å². The summed E-state index contributed by atoms with van der Waals surface area (Å²) in [4.78, 5) is 12.2. The zero-order chi connectivity index (χ0) is 13.1. The quantitative estimate of drug-likeness (QED) is 0.838. The molecule has 0 radical (unpaired) electrons. The van der Waals surface area contributed by atoms with Gasteiger partial charge in [0.1, 0.15) is 0 Å². The molecule has 0 atom stereocenters. The van der Waals surface area contributed by atoms with Gasteiger partial charge in [-0.05, 0) is 12.8 Å². The van der Waals surface area contributed by atoms with Gasteiger partial charge >= 0.3 is 12.3 Å². The zero-order valence-electron chi connectivity index (χ0n) is 9.59. The zero-order valence-corrected chi connectivity index (χ0v) is 9.59. The standard InChI is InChI=1S/C10H16F3NO3/c1-14(6-9(16)4-2-3-5-9)8(15)17-7-10(11,12)13/h16H,2-7H2,1H3.